The number of carbonyl (C=O) groups excluding carboxylic acids is 1. The van der Waals surface area contributed by atoms with E-state index in [2.05, 4.69) is 4.90 Å². The van der Waals surface area contributed by atoms with E-state index in [0.717, 1.165) is 38.6 Å². The molecule has 1 atom stereocenters. The van der Waals surface area contributed by atoms with Gasteiger partial charge >= 0.3 is 0 Å². The highest BCUT2D eigenvalue weighted by molar-refractivity contribution is 8.00. The molecule has 5 heteroatoms. The summed E-state index contributed by atoms with van der Waals surface area (Å²) in [4.78, 5) is 16.3. The lowest BCUT2D eigenvalue weighted by atomic mass is 10.3. The summed E-state index contributed by atoms with van der Waals surface area (Å²) in [5, 5.41) is 0.0541. The summed E-state index contributed by atoms with van der Waals surface area (Å²) in [6.07, 6.45) is 0. The molecule has 1 amide bonds. The quantitative estimate of drug-likeness (QED) is 0.731. The third-order valence-electron chi connectivity index (χ3n) is 3.35. The van der Waals surface area contributed by atoms with E-state index in [0.29, 0.717) is 0 Å². The minimum absolute atomic E-state index is 0.0541. The highest BCUT2D eigenvalue weighted by Gasteiger charge is 2.20. The van der Waals surface area contributed by atoms with E-state index in [1.807, 2.05) is 32.7 Å². The van der Waals surface area contributed by atoms with Crippen molar-refractivity contribution >= 4 is 17.7 Å². The van der Waals surface area contributed by atoms with Gasteiger partial charge in [0.05, 0.1) is 18.5 Å². The fourth-order valence-electron chi connectivity index (χ4n) is 1.80. The molecule has 0 saturated carbocycles. The summed E-state index contributed by atoms with van der Waals surface area (Å²) in [6.45, 7) is 10.9. The Kier molecular flexibility index (Phi) is 7.04. The largest absolute Gasteiger partial charge is 0.379 e. The molecule has 0 spiro atoms. The second kappa shape index (κ2) is 8.02. The van der Waals surface area contributed by atoms with E-state index in [9.17, 15) is 4.79 Å². The fraction of sp³-hybridized carbons (Fsp3) is 0.923. The number of rotatable bonds is 6. The summed E-state index contributed by atoms with van der Waals surface area (Å²) in [5.74, 6) is 1.25. The number of carbonyl (C=O) groups is 1. The van der Waals surface area contributed by atoms with E-state index < -0.39 is 0 Å². The van der Waals surface area contributed by atoms with Gasteiger partial charge in [0, 0.05) is 38.5 Å². The third kappa shape index (κ3) is 5.16. The van der Waals surface area contributed by atoms with Crippen molar-refractivity contribution in [3.05, 3.63) is 0 Å². The Morgan fingerprint density at radius 1 is 1.33 bits per heavy atom. The van der Waals surface area contributed by atoms with Crippen LogP contribution in [-0.4, -0.2) is 72.6 Å². The van der Waals surface area contributed by atoms with E-state index in [1.165, 1.54) is 0 Å². The van der Waals surface area contributed by atoms with Gasteiger partial charge in [-0.2, -0.15) is 0 Å². The maximum atomic E-state index is 12.0. The molecule has 1 aliphatic rings. The molecule has 0 aromatic heterocycles. The first-order chi connectivity index (χ1) is 8.52. The lowest BCUT2D eigenvalue weighted by Crippen LogP contribution is -2.39. The number of nitrogens with zero attached hydrogens (tertiary/aromatic N) is 2. The minimum Gasteiger partial charge on any atom is -0.379 e. The van der Waals surface area contributed by atoms with Gasteiger partial charge < -0.3 is 9.64 Å². The molecule has 0 bridgehead atoms. The van der Waals surface area contributed by atoms with Gasteiger partial charge in [0.25, 0.3) is 0 Å². The standard InChI is InChI=1S/C13H26N2O2S/c1-11(2)14(4)13(16)12(3)18-10-7-15-5-8-17-9-6-15/h11-12H,5-10H2,1-4H3/t12-/m0/s1. The van der Waals surface area contributed by atoms with Crippen LogP contribution in [0.15, 0.2) is 0 Å². The van der Waals surface area contributed by atoms with Crippen LogP contribution in [0, 0.1) is 0 Å². The van der Waals surface area contributed by atoms with Gasteiger partial charge in [0.15, 0.2) is 0 Å². The van der Waals surface area contributed by atoms with Crippen molar-refractivity contribution in [3.63, 3.8) is 0 Å². The molecule has 4 nitrogen and oxygen atoms in total. The molecule has 0 aromatic rings. The predicted molar refractivity (Wildman–Crippen MR) is 77.1 cm³/mol. The lowest BCUT2D eigenvalue weighted by Gasteiger charge is -2.28. The zero-order chi connectivity index (χ0) is 13.5. The SMILES string of the molecule is CC(C)N(C)C(=O)[C@H](C)SCCN1CCOCC1. The second-order valence-corrected chi connectivity index (χ2v) is 6.46. The highest BCUT2D eigenvalue weighted by atomic mass is 32.2. The molecule has 0 aromatic carbocycles. The van der Waals surface area contributed by atoms with Crippen LogP contribution < -0.4 is 0 Å². The van der Waals surface area contributed by atoms with Crippen LogP contribution in [-0.2, 0) is 9.53 Å². The molecule has 18 heavy (non-hydrogen) atoms. The van der Waals surface area contributed by atoms with Crippen molar-refractivity contribution < 1.29 is 9.53 Å². The maximum Gasteiger partial charge on any atom is 0.235 e. The summed E-state index contributed by atoms with van der Waals surface area (Å²) in [5.41, 5.74) is 0. The van der Waals surface area contributed by atoms with Gasteiger partial charge in [0.1, 0.15) is 0 Å². The van der Waals surface area contributed by atoms with Gasteiger partial charge in [-0.3, -0.25) is 9.69 Å². The number of hydrogen-bond donors (Lipinski definition) is 0. The van der Waals surface area contributed by atoms with Gasteiger partial charge in [-0.15, -0.1) is 11.8 Å². The van der Waals surface area contributed by atoms with Crippen LogP contribution in [0.5, 0.6) is 0 Å². The van der Waals surface area contributed by atoms with E-state index in [4.69, 9.17) is 4.74 Å². The molecule has 1 fully saturated rings. The van der Waals surface area contributed by atoms with Crippen LogP contribution in [0.25, 0.3) is 0 Å². The summed E-state index contributed by atoms with van der Waals surface area (Å²) in [7, 11) is 1.88. The molecule has 0 unspecified atom stereocenters. The molecule has 1 saturated heterocycles. The Balaban J connectivity index is 2.19. The second-order valence-electron chi connectivity index (χ2n) is 5.01. The van der Waals surface area contributed by atoms with E-state index >= 15 is 0 Å². The molecule has 1 heterocycles. The van der Waals surface area contributed by atoms with Crippen molar-refractivity contribution in [1.82, 2.24) is 9.80 Å². The fourth-order valence-corrected chi connectivity index (χ4v) is 2.82. The Bertz CT molecular complexity index is 255. The van der Waals surface area contributed by atoms with Crippen molar-refractivity contribution in [2.75, 3.05) is 45.6 Å². The van der Waals surface area contributed by atoms with Crippen molar-refractivity contribution in [3.8, 4) is 0 Å². The van der Waals surface area contributed by atoms with Crippen molar-refractivity contribution in [2.24, 2.45) is 0 Å². The van der Waals surface area contributed by atoms with Crippen LogP contribution in [0.3, 0.4) is 0 Å². The first-order valence-electron chi connectivity index (χ1n) is 6.70. The molecule has 0 aliphatic carbocycles. The van der Waals surface area contributed by atoms with Crippen LogP contribution in [0.1, 0.15) is 20.8 Å². The monoisotopic (exact) mass is 274 g/mol. The first kappa shape index (κ1) is 15.8. The molecular formula is C13H26N2O2S. The molecule has 1 rings (SSSR count). The Hall–Kier alpha value is -0.260. The number of ether oxygens (including phenoxy) is 1. The molecule has 106 valence electrons. The van der Waals surface area contributed by atoms with Gasteiger partial charge in [-0.25, -0.2) is 0 Å². The molecular weight excluding hydrogens is 248 g/mol. The summed E-state index contributed by atoms with van der Waals surface area (Å²) < 4.78 is 5.31. The Labute approximate surface area is 115 Å². The lowest BCUT2D eigenvalue weighted by molar-refractivity contribution is -0.130. The van der Waals surface area contributed by atoms with Gasteiger partial charge in [-0.1, -0.05) is 0 Å². The van der Waals surface area contributed by atoms with E-state index in [1.54, 1.807) is 11.8 Å². The Morgan fingerprint density at radius 2 is 1.94 bits per heavy atom. The van der Waals surface area contributed by atoms with Gasteiger partial charge in [0.2, 0.25) is 5.91 Å². The number of thioether (sulfide) groups is 1. The van der Waals surface area contributed by atoms with Crippen LogP contribution in [0.2, 0.25) is 0 Å². The topological polar surface area (TPSA) is 32.8 Å². The minimum atomic E-state index is 0.0541. The summed E-state index contributed by atoms with van der Waals surface area (Å²) in [6, 6.07) is 0.278. The zero-order valence-electron chi connectivity index (χ0n) is 12.0. The van der Waals surface area contributed by atoms with Crippen LogP contribution in [0.4, 0.5) is 0 Å². The number of hydrogen-bond acceptors (Lipinski definition) is 4. The first-order valence-corrected chi connectivity index (χ1v) is 7.75. The zero-order valence-corrected chi connectivity index (χ0v) is 12.8. The van der Waals surface area contributed by atoms with Gasteiger partial charge in [-0.05, 0) is 20.8 Å². The third-order valence-corrected chi connectivity index (χ3v) is 4.47. The molecule has 0 N–H and O–H groups in total. The summed E-state index contributed by atoms with van der Waals surface area (Å²) >= 11 is 1.75. The van der Waals surface area contributed by atoms with E-state index in [-0.39, 0.29) is 17.2 Å². The highest BCUT2D eigenvalue weighted by Crippen LogP contribution is 2.14. The average Bonchev–Trinajstić information content (AvgIpc) is 2.38. The maximum absolute atomic E-state index is 12.0. The Morgan fingerprint density at radius 3 is 2.50 bits per heavy atom. The number of amides is 1. The smallest absolute Gasteiger partial charge is 0.235 e. The van der Waals surface area contributed by atoms with Crippen molar-refractivity contribution in [2.45, 2.75) is 32.1 Å². The normalized spacial score (nSPS) is 18.9. The predicted octanol–water partition coefficient (Wildman–Crippen LogP) is 1.31. The average molecular weight is 274 g/mol. The number of morpholine rings is 1. The molecule has 0 radical (unpaired) electrons. The molecule has 1 aliphatic heterocycles. The van der Waals surface area contributed by atoms with Crippen LogP contribution >= 0.6 is 11.8 Å². The van der Waals surface area contributed by atoms with Crippen molar-refractivity contribution in [1.29, 1.82) is 0 Å².